The first-order valence-electron chi connectivity index (χ1n) is 5.12. The minimum atomic E-state index is -3.39. The number of hydrogen-bond acceptors (Lipinski definition) is 3. The highest BCUT2D eigenvalue weighted by molar-refractivity contribution is 7.87. The maximum absolute atomic E-state index is 11.6. The van der Waals surface area contributed by atoms with Gasteiger partial charge in [0.2, 0.25) is 0 Å². The van der Waals surface area contributed by atoms with Crippen molar-refractivity contribution in [1.29, 1.82) is 0 Å². The Morgan fingerprint density at radius 3 is 2.60 bits per heavy atom. The van der Waals surface area contributed by atoms with Crippen molar-refractivity contribution in [2.45, 2.75) is 32.2 Å². The Kier molecular flexibility index (Phi) is 3.76. The number of hydrogen-bond donors (Lipinski definition) is 2. The molecule has 0 heterocycles. The van der Waals surface area contributed by atoms with Crippen molar-refractivity contribution in [3.63, 3.8) is 0 Å². The van der Waals surface area contributed by atoms with Crippen LogP contribution >= 0.6 is 0 Å². The summed E-state index contributed by atoms with van der Waals surface area (Å²) in [7, 11) is -0.403. The van der Waals surface area contributed by atoms with E-state index in [1.807, 2.05) is 6.92 Å². The number of rotatable bonds is 4. The number of nitrogens with zero attached hydrogens (tertiary/aromatic N) is 1. The second kappa shape index (κ2) is 4.37. The summed E-state index contributed by atoms with van der Waals surface area (Å²) in [5.74, 6) is 0. The van der Waals surface area contributed by atoms with Crippen molar-refractivity contribution >= 4 is 10.2 Å². The van der Waals surface area contributed by atoms with E-state index in [1.165, 1.54) is 14.1 Å². The van der Waals surface area contributed by atoms with E-state index in [9.17, 15) is 13.5 Å². The Labute approximate surface area is 91.7 Å². The molecule has 1 rings (SSSR count). The Balaban J connectivity index is 2.75. The number of aliphatic hydroxyl groups is 1. The third-order valence-corrected chi connectivity index (χ3v) is 4.76. The SMILES string of the molecule is CN(C)S(=O)(=O)NC1CCCC1(C)CO. The number of aliphatic hydroxyl groups excluding tert-OH is 1. The van der Waals surface area contributed by atoms with E-state index in [2.05, 4.69) is 4.72 Å². The molecule has 0 spiro atoms. The summed E-state index contributed by atoms with van der Waals surface area (Å²) in [5, 5.41) is 9.28. The van der Waals surface area contributed by atoms with Gasteiger partial charge in [0, 0.05) is 32.2 Å². The second-order valence-corrected chi connectivity index (χ2v) is 6.58. The van der Waals surface area contributed by atoms with Gasteiger partial charge in [0.25, 0.3) is 10.2 Å². The maximum Gasteiger partial charge on any atom is 0.279 e. The average molecular weight is 236 g/mol. The molecule has 1 aliphatic carbocycles. The van der Waals surface area contributed by atoms with Crippen molar-refractivity contribution in [2.24, 2.45) is 5.41 Å². The maximum atomic E-state index is 11.6. The molecule has 2 N–H and O–H groups in total. The van der Waals surface area contributed by atoms with Crippen LogP contribution in [-0.2, 0) is 10.2 Å². The van der Waals surface area contributed by atoms with E-state index in [1.54, 1.807) is 0 Å². The predicted molar refractivity (Wildman–Crippen MR) is 58.6 cm³/mol. The van der Waals surface area contributed by atoms with Gasteiger partial charge in [0.05, 0.1) is 0 Å². The molecule has 0 bridgehead atoms. The molecule has 0 aromatic heterocycles. The van der Waals surface area contributed by atoms with Crippen LogP contribution in [0.15, 0.2) is 0 Å². The molecule has 2 unspecified atom stereocenters. The lowest BCUT2D eigenvalue weighted by Gasteiger charge is -2.30. The normalized spacial score (nSPS) is 32.5. The van der Waals surface area contributed by atoms with Gasteiger partial charge in [-0.3, -0.25) is 0 Å². The zero-order chi connectivity index (χ0) is 11.7. The van der Waals surface area contributed by atoms with Crippen LogP contribution in [-0.4, -0.2) is 44.6 Å². The third kappa shape index (κ3) is 2.69. The molecule has 0 aromatic rings. The monoisotopic (exact) mass is 236 g/mol. The standard InChI is InChI=1S/C9H20N2O3S/c1-9(7-12)6-4-5-8(9)10-15(13,14)11(2)3/h8,10,12H,4-7H2,1-3H3. The van der Waals surface area contributed by atoms with E-state index in [0.29, 0.717) is 0 Å². The molecule has 2 atom stereocenters. The second-order valence-electron chi connectivity index (χ2n) is 4.66. The molecular formula is C9H20N2O3S. The van der Waals surface area contributed by atoms with Gasteiger partial charge in [-0.1, -0.05) is 13.3 Å². The van der Waals surface area contributed by atoms with Gasteiger partial charge in [-0.15, -0.1) is 0 Å². The van der Waals surface area contributed by atoms with Crippen LogP contribution in [0.5, 0.6) is 0 Å². The molecule has 0 saturated heterocycles. The molecule has 5 nitrogen and oxygen atoms in total. The first kappa shape index (κ1) is 12.9. The van der Waals surface area contributed by atoms with Gasteiger partial charge < -0.3 is 5.11 Å². The van der Waals surface area contributed by atoms with Gasteiger partial charge in [-0.25, -0.2) is 0 Å². The smallest absolute Gasteiger partial charge is 0.279 e. The predicted octanol–water partition coefficient (Wildman–Crippen LogP) is -0.0665. The lowest BCUT2D eigenvalue weighted by atomic mass is 9.86. The Morgan fingerprint density at radius 1 is 1.53 bits per heavy atom. The average Bonchev–Trinajstić information content (AvgIpc) is 2.48. The van der Waals surface area contributed by atoms with Crippen molar-refractivity contribution in [3.8, 4) is 0 Å². The van der Waals surface area contributed by atoms with E-state index in [-0.39, 0.29) is 18.1 Å². The lowest BCUT2D eigenvalue weighted by Crippen LogP contribution is -2.48. The summed E-state index contributed by atoms with van der Waals surface area (Å²) in [6.45, 7) is 1.94. The third-order valence-electron chi connectivity index (χ3n) is 3.22. The van der Waals surface area contributed by atoms with Crippen LogP contribution < -0.4 is 4.72 Å². The molecule has 0 aliphatic heterocycles. The Hall–Kier alpha value is -0.170. The van der Waals surface area contributed by atoms with Crippen molar-refractivity contribution in [2.75, 3.05) is 20.7 Å². The largest absolute Gasteiger partial charge is 0.396 e. The fourth-order valence-electron chi connectivity index (χ4n) is 1.91. The lowest BCUT2D eigenvalue weighted by molar-refractivity contribution is 0.127. The van der Waals surface area contributed by atoms with Gasteiger partial charge in [-0.05, 0) is 12.8 Å². The van der Waals surface area contributed by atoms with Gasteiger partial charge in [0.15, 0.2) is 0 Å². The minimum Gasteiger partial charge on any atom is -0.396 e. The zero-order valence-electron chi connectivity index (χ0n) is 9.52. The molecule has 1 fully saturated rings. The van der Waals surface area contributed by atoms with Crippen LogP contribution in [0.3, 0.4) is 0 Å². The fraction of sp³-hybridized carbons (Fsp3) is 1.00. The topological polar surface area (TPSA) is 69.6 Å². The summed E-state index contributed by atoms with van der Waals surface area (Å²) in [6.07, 6.45) is 2.62. The van der Waals surface area contributed by atoms with E-state index >= 15 is 0 Å². The molecule has 1 saturated carbocycles. The van der Waals surface area contributed by atoms with Crippen LogP contribution in [0.25, 0.3) is 0 Å². The summed E-state index contributed by atoms with van der Waals surface area (Å²) in [4.78, 5) is 0. The molecule has 15 heavy (non-hydrogen) atoms. The summed E-state index contributed by atoms with van der Waals surface area (Å²) in [5.41, 5.74) is -0.316. The number of nitrogens with one attached hydrogen (secondary N) is 1. The summed E-state index contributed by atoms with van der Waals surface area (Å²) < 4.78 is 27.0. The minimum absolute atomic E-state index is 0.0214. The van der Waals surface area contributed by atoms with Crippen LogP contribution in [0.4, 0.5) is 0 Å². The highest BCUT2D eigenvalue weighted by atomic mass is 32.2. The van der Waals surface area contributed by atoms with Gasteiger partial charge >= 0.3 is 0 Å². The first-order chi connectivity index (χ1) is 6.82. The van der Waals surface area contributed by atoms with Crippen LogP contribution in [0.2, 0.25) is 0 Å². The van der Waals surface area contributed by atoms with Crippen LogP contribution in [0.1, 0.15) is 26.2 Å². The fourth-order valence-corrected chi connectivity index (χ4v) is 2.88. The highest BCUT2D eigenvalue weighted by Gasteiger charge is 2.40. The molecular weight excluding hydrogens is 216 g/mol. The zero-order valence-corrected chi connectivity index (χ0v) is 10.3. The van der Waals surface area contributed by atoms with Gasteiger partial charge in [-0.2, -0.15) is 17.4 Å². The quantitative estimate of drug-likeness (QED) is 0.718. The van der Waals surface area contributed by atoms with E-state index < -0.39 is 10.2 Å². The van der Waals surface area contributed by atoms with Crippen molar-refractivity contribution < 1.29 is 13.5 Å². The summed E-state index contributed by atoms with van der Waals surface area (Å²) in [6, 6.07) is -0.158. The first-order valence-corrected chi connectivity index (χ1v) is 6.56. The van der Waals surface area contributed by atoms with Crippen LogP contribution in [0, 0.1) is 5.41 Å². The van der Waals surface area contributed by atoms with E-state index in [0.717, 1.165) is 23.6 Å². The molecule has 0 radical (unpaired) electrons. The molecule has 6 heteroatoms. The Morgan fingerprint density at radius 2 is 2.13 bits per heavy atom. The Bertz CT molecular complexity index is 315. The molecule has 0 aromatic carbocycles. The van der Waals surface area contributed by atoms with Crippen molar-refractivity contribution in [3.05, 3.63) is 0 Å². The molecule has 90 valence electrons. The highest BCUT2D eigenvalue weighted by Crippen LogP contribution is 2.37. The van der Waals surface area contributed by atoms with E-state index in [4.69, 9.17) is 0 Å². The molecule has 1 aliphatic rings. The van der Waals surface area contributed by atoms with Gasteiger partial charge in [0.1, 0.15) is 0 Å². The molecule has 0 amide bonds. The van der Waals surface area contributed by atoms with Crippen molar-refractivity contribution in [1.82, 2.24) is 9.03 Å². The summed E-state index contributed by atoms with van der Waals surface area (Å²) >= 11 is 0.